The molecule has 0 aliphatic heterocycles. The fraction of sp³-hybridized carbons (Fsp3) is 0.125. The van der Waals surface area contributed by atoms with Crippen molar-refractivity contribution >= 4 is 10.8 Å². The zero-order valence-corrected chi connectivity index (χ0v) is 10.8. The maximum atomic E-state index is 5.78. The quantitative estimate of drug-likeness (QED) is 0.759. The number of benzene rings is 1. The largest absolute Gasteiger partial charge is 0.325 e. The molecule has 94 valence electrons. The molecule has 0 radical (unpaired) electrons. The fourth-order valence-corrected chi connectivity index (χ4v) is 2.42. The summed E-state index contributed by atoms with van der Waals surface area (Å²) < 4.78 is 0. The highest BCUT2D eigenvalue weighted by molar-refractivity contribution is 5.98. The first-order valence-electron chi connectivity index (χ1n) is 6.30. The normalized spacial score (nSPS) is 10.8. The molecule has 0 spiro atoms. The van der Waals surface area contributed by atoms with Gasteiger partial charge in [-0.1, -0.05) is 24.3 Å². The van der Waals surface area contributed by atoms with Crippen LogP contribution in [0, 0.1) is 6.92 Å². The Labute approximate surface area is 112 Å². The molecule has 0 aliphatic rings. The smallest absolute Gasteiger partial charge is 0.0723 e. The molecule has 0 aliphatic carbocycles. The third-order valence-corrected chi connectivity index (χ3v) is 3.34. The van der Waals surface area contributed by atoms with Crippen molar-refractivity contribution < 1.29 is 0 Å². The number of nitrogens with two attached hydrogens (primary N) is 1. The zero-order chi connectivity index (χ0) is 13.2. The Morgan fingerprint density at radius 2 is 1.95 bits per heavy atom. The summed E-state index contributed by atoms with van der Waals surface area (Å²) in [5, 5.41) is 2.31. The fourth-order valence-electron chi connectivity index (χ4n) is 2.42. The van der Waals surface area contributed by atoms with Crippen molar-refractivity contribution in [3.63, 3.8) is 0 Å². The van der Waals surface area contributed by atoms with Gasteiger partial charge in [-0.05, 0) is 30.0 Å². The van der Waals surface area contributed by atoms with E-state index in [2.05, 4.69) is 29.0 Å². The van der Waals surface area contributed by atoms with Crippen LogP contribution in [-0.2, 0) is 6.54 Å². The molecule has 2 aromatic heterocycles. The van der Waals surface area contributed by atoms with Crippen molar-refractivity contribution in [1.82, 2.24) is 9.97 Å². The van der Waals surface area contributed by atoms with E-state index in [4.69, 9.17) is 5.73 Å². The minimum atomic E-state index is 0.447. The van der Waals surface area contributed by atoms with Gasteiger partial charge in [0.1, 0.15) is 0 Å². The molecule has 0 atom stereocenters. The Hall–Kier alpha value is -2.26. The van der Waals surface area contributed by atoms with Gasteiger partial charge >= 0.3 is 0 Å². The third-order valence-electron chi connectivity index (χ3n) is 3.34. The standard InChI is InChI=1S/C16H15N3/c1-11-5-4-6-12-15(9-17)19-10-13(16(11)12)14-7-2-3-8-18-14/h2-8,10H,9,17H2,1H3. The molecule has 3 nitrogen and oxygen atoms in total. The van der Waals surface area contributed by atoms with Crippen LogP contribution < -0.4 is 5.73 Å². The van der Waals surface area contributed by atoms with Crippen molar-refractivity contribution in [2.75, 3.05) is 0 Å². The van der Waals surface area contributed by atoms with Gasteiger partial charge in [0.25, 0.3) is 0 Å². The van der Waals surface area contributed by atoms with E-state index in [9.17, 15) is 0 Å². The number of pyridine rings is 2. The van der Waals surface area contributed by atoms with Crippen molar-refractivity contribution in [1.29, 1.82) is 0 Å². The maximum absolute atomic E-state index is 5.78. The summed E-state index contributed by atoms with van der Waals surface area (Å²) in [7, 11) is 0. The number of fused-ring (bicyclic) bond motifs is 1. The number of aromatic nitrogens is 2. The van der Waals surface area contributed by atoms with Gasteiger partial charge in [0.2, 0.25) is 0 Å². The van der Waals surface area contributed by atoms with Crippen LogP contribution in [0.5, 0.6) is 0 Å². The highest BCUT2D eigenvalue weighted by atomic mass is 14.7. The first-order valence-corrected chi connectivity index (χ1v) is 6.30. The van der Waals surface area contributed by atoms with Gasteiger partial charge in [-0.25, -0.2) is 0 Å². The minimum Gasteiger partial charge on any atom is -0.325 e. The Morgan fingerprint density at radius 3 is 2.68 bits per heavy atom. The Bertz CT molecular complexity index is 721. The summed E-state index contributed by atoms with van der Waals surface area (Å²) in [4.78, 5) is 8.90. The van der Waals surface area contributed by atoms with Crippen LogP contribution in [0.1, 0.15) is 11.3 Å². The molecule has 0 bridgehead atoms. The molecule has 3 aromatic rings. The third kappa shape index (κ3) is 1.98. The predicted molar refractivity (Wildman–Crippen MR) is 77.6 cm³/mol. The van der Waals surface area contributed by atoms with E-state index in [1.54, 1.807) is 6.20 Å². The molecular formula is C16H15N3. The molecule has 0 amide bonds. The zero-order valence-electron chi connectivity index (χ0n) is 10.8. The number of rotatable bonds is 2. The summed E-state index contributed by atoms with van der Waals surface area (Å²) in [6.45, 7) is 2.55. The van der Waals surface area contributed by atoms with Gasteiger partial charge in [-0.3, -0.25) is 9.97 Å². The van der Waals surface area contributed by atoms with Gasteiger partial charge in [0, 0.05) is 29.9 Å². The predicted octanol–water partition coefficient (Wildman–Crippen LogP) is 3.06. The van der Waals surface area contributed by atoms with Crippen LogP contribution in [0.2, 0.25) is 0 Å². The lowest BCUT2D eigenvalue weighted by atomic mass is 9.98. The Kier molecular flexibility index (Phi) is 2.97. The maximum Gasteiger partial charge on any atom is 0.0723 e. The molecular weight excluding hydrogens is 234 g/mol. The highest BCUT2D eigenvalue weighted by Crippen LogP contribution is 2.30. The lowest BCUT2D eigenvalue weighted by Gasteiger charge is -2.11. The van der Waals surface area contributed by atoms with E-state index < -0.39 is 0 Å². The average Bonchev–Trinajstić information content (AvgIpc) is 2.47. The van der Waals surface area contributed by atoms with Gasteiger partial charge in [-0.2, -0.15) is 0 Å². The molecule has 19 heavy (non-hydrogen) atoms. The van der Waals surface area contributed by atoms with Crippen LogP contribution in [-0.4, -0.2) is 9.97 Å². The first-order chi connectivity index (χ1) is 9.31. The number of nitrogens with zero attached hydrogens (tertiary/aromatic N) is 2. The van der Waals surface area contributed by atoms with E-state index in [1.165, 1.54) is 10.9 Å². The highest BCUT2D eigenvalue weighted by Gasteiger charge is 2.10. The molecule has 0 fully saturated rings. The van der Waals surface area contributed by atoms with E-state index in [-0.39, 0.29) is 0 Å². The average molecular weight is 249 g/mol. The first kappa shape index (κ1) is 11.8. The molecule has 3 rings (SSSR count). The monoisotopic (exact) mass is 249 g/mol. The van der Waals surface area contributed by atoms with Gasteiger partial charge in [-0.15, -0.1) is 0 Å². The van der Waals surface area contributed by atoms with Gasteiger partial charge < -0.3 is 5.73 Å². The summed E-state index contributed by atoms with van der Waals surface area (Å²) in [6.07, 6.45) is 3.68. The number of aryl methyl sites for hydroxylation is 1. The van der Waals surface area contributed by atoms with E-state index in [1.807, 2.05) is 30.5 Å². The van der Waals surface area contributed by atoms with Crippen LogP contribution in [0.4, 0.5) is 0 Å². The van der Waals surface area contributed by atoms with Gasteiger partial charge in [0.05, 0.1) is 11.4 Å². The minimum absolute atomic E-state index is 0.447. The molecule has 0 unspecified atom stereocenters. The van der Waals surface area contributed by atoms with Crippen molar-refractivity contribution in [2.45, 2.75) is 13.5 Å². The summed E-state index contributed by atoms with van der Waals surface area (Å²) in [5.41, 5.74) is 9.93. The molecule has 1 aromatic carbocycles. The van der Waals surface area contributed by atoms with Gasteiger partial charge in [0.15, 0.2) is 0 Å². The summed E-state index contributed by atoms with van der Waals surface area (Å²) >= 11 is 0. The van der Waals surface area contributed by atoms with E-state index in [0.29, 0.717) is 6.54 Å². The second kappa shape index (κ2) is 4.78. The lowest BCUT2D eigenvalue weighted by molar-refractivity contribution is 1.01. The molecule has 2 heterocycles. The molecule has 2 N–H and O–H groups in total. The van der Waals surface area contributed by atoms with Crippen molar-refractivity contribution in [3.8, 4) is 11.3 Å². The number of hydrogen-bond acceptors (Lipinski definition) is 3. The van der Waals surface area contributed by atoms with Crippen LogP contribution in [0.25, 0.3) is 22.0 Å². The van der Waals surface area contributed by atoms with Crippen molar-refractivity contribution in [3.05, 3.63) is 60.0 Å². The van der Waals surface area contributed by atoms with Crippen LogP contribution in [0.15, 0.2) is 48.8 Å². The lowest BCUT2D eigenvalue weighted by Crippen LogP contribution is -2.02. The van der Waals surface area contributed by atoms with E-state index >= 15 is 0 Å². The van der Waals surface area contributed by atoms with Crippen LogP contribution >= 0.6 is 0 Å². The van der Waals surface area contributed by atoms with Crippen molar-refractivity contribution in [2.24, 2.45) is 5.73 Å². The molecule has 0 saturated carbocycles. The Balaban J connectivity index is 2.39. The Morgan fingerprint density at radius 1 is 1.05 bits per heavy atom. The molecule has 0 saturated heterocycles. The SMILES string of the molecule is Cc1cccc2c(CN)ncc(-c3ccccn3)c12. The van der Waals surface area contributed by atoms with Crippen LogP contribution in [0.3, 0.4) is 0 Å². The topological polar surface area (TPSA) is 51.8 Å². The molecule has 3 heteroatoms. The van der Waals surface area contributed by atoms with E-state index in [0.717, 1.165) is 22.3 Å². The number of hydrogen-bond donors (Lipinski definition) is 1. The summed E-state index contributed by atoms with van der Waals surface area (Å²) in [5.74, 6) is 0. The second-order valence-electron chi connectivity index (χ2n) is 4.54. The summed E-state index contributed by atoms with van der Waals surface area (Å²) in [6, 6.07) is 12.1. The second-order valence-corrected chi connectivity index (χ2v) is 4.54.